The van der Waals surface area contributed by atoms with E-state index >= 15 is 0 Å². The number of nitrogens with zero attached hydrogens (tertiary/aromatic N) is 3. The minimum Gasteiger partial charge on any atom is -0.471 e. The standard InChI is InChI=1S/C21H21N3O4S/c1-15-13-24(19-8-5-11-22-21(19)28-15)20(25)14-23(2)29(26,27)18-10-9-16-6-3-4-7-17(16)12-18/h3-12,15H,13-14H2,1-2H3. The molecule has 0 saturated carbocycles. The number of carbonyl (C=O) groups excluding carboxylic acids is 1. The Balaban J connectivity index is 1.58. The van der Waals surface area contributed by atoms with Gasteiger partial charge in [-0.15, -0.1) is 0 Å². The Kier molecular flexibility index (Phi) is 4.97. The molecule has 0 bridgehead atoms. The van der Waals surface area contributed by atoms with Gasteiger partial charge in [-0.3, -0.25) is 4.79 Å². The highest BCUT2D eigenvalue weighted by Crippen LogP contribution is 2.31. The molecule has 0 radical (unpaired) electrons. The van der Waals surface area contributed by atoms with Crippen molar-refractivity contribution in [3.8, 4) is 5.88 Å². The van der Waals surface area contributed by atoms with Crippen LogP contribution in [0.5, 0.6) is 5.88 Å². The van der Waals surface area contributed by atoms with Gasteiger partial charge in [-0.25, -0.2) is 13.4 Å². The third-order valence-corrected chi connectivity index (χ3v) is 6.68. The Morgan fingerprint density at radius 1 is 1.17 bits per heavy atom. The average molecular weight is 411 g/mol. The molecular formula is C21H21N3O4S. The largest absolute Gasteiger partial charge is 0.471 e. The molecule has 0 fully saturated rings. The van der Waals surface area contributed by atoms with E-state index in [2.05, 4.69) is 4.98 Å². The number of sulfonamides is 1. The Morgan fingerprint density at radius 2 is 1.93 bits per heavy atom. The zero-order valence-electron chi connectivity index (χ0n) is 16.1. The van der Waals surface area contributed by atoms with Gasteiger partial charge in [0.25, 0.3) is 0 Å². The van der Waals surface area contributed by atoms with E-state index < -0.39 is 10.0 Å². The van der Waals surface area contributed by atoms with Crippen LogP contribution in [0.2, 0.25) is 0 Å². The number of ether oxygens (including phenoxy) is 1. The van der Waals surface area contributed by atoms with Gasteiger partial charge in [-0.05, 0) is 42.0 Å². The Labute approximate surface area is 169 Å². The van der Waals surface area contributed by atoms with Gasteiger partial charge in [-0.1, -0.05) is 30.3 Å². The summed E-state index contributed by atoms with van der Waals surface area (Å²) in [5.41, 5.74) is 0.548. The molecule has 4 rings (SSSR count). The van der Waals surface area contributed by atoms with Crippen LogP contribution in [0.15, 0.2) is 65.7 Å². The van der Waals surface area contributed by atoms with Crippen LogP contribution >= 0.6 is 0 Å². The zero-order valence-corrected chi connectivity index (χ0v) is 17.0. The summed E-state index contributed by atoms with van der Waals surface area (Å²) in [6.45, 7) is 1.89. The van der Waals surface area contributed by atoms with Crippen molar-refractivity contribution >= 4 is 32.4 Å². The lowest BCUT2D eigenvalue weighted by Crippen LogP contribution is -2.47. The van der Waals surface area contributed by atoms with Crippen molar-refractivity contribution in [2.75, 3.05) is 25.0 Å². The zero-order chi connectivity index (χ0) is 20.6. The van der Waals surface area contributed by atoms with Gasteiger partial charge in [0.15, 0.2) is 0 Å². The van der Waals surface area contributed by atoms with Crippen molar-refractivity contribution in [2.45, 2.75) is 17.9 Å². The van der Waals surface area contributed by atoms with Crippen molar-refractivity contribution in [3.63, 3.8) is 0 Å². The van der Waals surface area contributed by atoms with Crippen molar-refractivity contribution in [3.05, 3.63) is 60.8 Å². The molecule has 150 valence electrons. The van der Waals surface area contributed by atoms with Gasteiger partial charge in [-0.2, -0.15) is 4.31 Å². The fraction of sp³-hybridized carbons (Fsp3) is 0.238. The van der Waals surface area contributed by atoms with Crippen molar-refractivity contribution in [1.29, 1.82) is 0 Å². The first-order valence-electron chi connectivity index (χ1n) is 9.23. The number of hydrogen-bond acceptors (Lipinski definition) is 5. The van der Waals surface area contributed by atoms with Crippen LogP contribution in [-0.4, -0.2) is 49.9 Å². The molecule has 0 saturated heterocycles. The summed E-state index contributed by atoms with van der Waals surface area (Å²) in [5, 5.41) is 1.78. The van der Waals surface area contributed by atoms with E-state index in [4.69, 9.17) is 4.74 Å². The van der Waals surface area contributed by atoms with Crippen LogP contribution < -0.4 is 9.64 Å². The first-order valence-corrected chi connectivity index (χ1v) is 10.7. The minimum atomic E-state index is -3.82. The van der Waals surface area contributed by atoms with E-state index in [1.807, 2.05) is 31.2 Å². The number of anilines is 1. The third-order valence-electron chi connectivity index (χ3n) is 4.88. The highest BCUT2D eigenvalue weighted by molar-refractivity contribution is 7.89. The number of amides is 1. The van der Waals surface area contributed by atoms with Crippen LogP contribution in [0.25, 0.3) is 10.8 Å². The predicted molar refractivity (Wildman–Crippen MR) is 110 cm³/mol. The summed E-state index contributed by atoms with van der Waals surface area (Å²) >= 11 is 0. The van der Waals surface area contributed by atoms with Crippen LogP contribution in [-0.2, 0) is 14.8 Å². The molecule has 3 aromatic rings. The fourth-order valence-corrected chi connectivity index (χ4v) is 4.52. The first kappa shape index (κ1) is 19.4. The minimum absolute atomic E-state index is 0.156. The van der Waals surface area contributed by atoms with Gasteiger partial charge in [0.2, 0.25) is 21.8 Å². The number of carbonyl (C=O) groups is 1. The highest BCUT2D eigenvalue weighted by atomic mass is 32.2. The lowest BCUT2D eigenvalue weighted by atomic mass is 10.1. The molecule has 1 atom stereocenters. The van der Waals surface area contributed by atoms with Crippen LogP contribution in [0, 0.1) is 0 Å². The molecule has 1 amide bonds. The molecule has 0 spiro atoms. The molecule has 1 aliphatic rings. The number of aromatic nitrogens is 1. The first-order chi connectivity index (χ1) is 13.9. The van der Waals surface area contributed by atoms with Crippen LogP contribution in [0.4, 0.5) is 5.69 Å². The average Bonchev–Trinajstić information content (AvgIpc) is 2.72. The SMILES string of the molecule is CC1CN(C(=O)CN(C)S(=O)(=O)c2ccc3ccccc3c2)c2cccnc2O1. The summed E-state index contributed by atoms with van der Waals surface area (Å²) in [5.74, 6) is 0.0425. The summed E-state index contributed by atoms with van der Waals surface area (Å²) in [6, 6.07) is 16.0. The second-order valence-corrected chi connectivity index (χ2v) is 9.08. The lowest BCUT2D eigenvalue weighted by Gasteiger charge is -2.33. The third kappa shape index (κ3) is 3.68. The number of fused-ring (bicyclic) bond motifs is 2. The maximum atomic E-state index is 13.0. The molecule has 8 heteroatoms. The molecule has 7 nitrogen and oxygen atoms in total. The monoisotopic (exact) mass is 411 g/mol. The van der Waals surface area contributed by atoms with Crippen LogP contribution in [0.3, 0.4) is 0 Å². The predicted octanol–water partition coefficient (Wildman–Crippen LogP) is 2.67. The normalized spacial score (nSPS) is 16.5. The Hall–Kier alpha value is -2.97. The smallest absolute Gasteiger partial charge is 0.243 e. The van der Waals surface area contributed by atoms with Gasteiger partial charge in [0.05, 0.1) is 18.0 Å². The van der Waals surface area contributed by atoms with E-state index in [-0.39, 0.29) is 23.5 Å². The molecular weight excluding hydrogens is 390 g/mol. The van der Waals surface area contributed by atoms with Crippen molar-refractivity contribution in [1.82, 2.24) is 9.29 Å². The van der Waals surface area contributed by atoms with E-state index in [0.29, 0.717) is 18.1 Å². The number of rotatable bonds is 4. The van der Waals surface area contributed by atoms with Crippen molar-refractivity contribution in [2.24, 2.45) is 0 Å². The summed E-state index contributed by atoms with van der Waals surface area (Å²) < 4.78 is 32.8. The molecule has 1 unspecified atom stereocenters. The maximum Gasteiger partial charge on any atom is 0.243 e. The van der Waals surface area contributed by atoms with E-state index in [1.165, 1.54) is 11.9 Å². The summed E-state index contributed by atoms with van der Waals surface area (Å²) in [6.07, 6.45) is 1.36. The Morgan fingerprint density at radius 3 is 2.72 bits per heavy atom. The van der Waals surface area contributed by atoms with Gasteiger partial charge in [0, 0.05) is 13.2 Å². The van der Waals surface area contributed by atoms with Gasteiger partial charge in [0.1, 0.15) is 11.8 Å². The van der Waals surface area contributed by atoms with Gasteiger partial charge < -0.3 is 9.64 Å². The van der Waals surface area contributed by atoms with E-state index in [0.717, 1.165) is 15.1 Å². The van der Waals surface area contributed by atoms with Gasteiger partial charge >= 0.3 is 0 Å². The molecule has 2 heterocycles. The van der Waals surface area contributed by atoms with E-state index in [1.54, 1.807) is 36.5 Å². The number of likely N-dealkylation sites (N-methyl/N-ethyl adjacent to an activating group) is 1. The topological polar surface area (TPSA) is 79.8 Å². The van der Waals surface area contributed by atoms with E-state index in [9.17, 15) is 13.2 Å². The van der Waals surface area contributed by atoms with Crippen LogP contribution in [0.1, 0.15) is 6.92 Å². The van der Waals surface area contributed by atoms with Crippen molar-refractivity contribution < 1.29 is 17.9 Å². The quantitative estimate of drug-likeness (QED) is 0.659. The summed E-state index contributed by atoms with van der Waals surface area (Å²) in [4.78, 5) is 18.8. The fourth-order valence-electron chi connectivity index (χ4n) is 3.37. The molecule has 29 heavy (non-hydrogen) atoms. The number of benzene rings is 2. The molecule has 0 aliphatic carbocycles. The summed E-state index contributed by atoms with van der Waals surface area (Å²) in [7, 11) is -2.40. The molecule has 1 aliphatic heterocycles. The molecule has 2 aromatic carbocycles. The maximum absolute atomic E-state index is 13.0. The second-order valence-electron chi connectivity index (χ2n) is 7.03. The lowest BCUT2D eigenvalue weighted by molar-refractivity contribution is -0.119. The highest BCUT2D eigenvalue weighted by Gasteiger charge is 2.31. The number of pyridine rings is 1. The molecule has 0 N–H and O–H groups in total. The Bertz CT molecular complexity index is 1180. The molecule has 1 aromatic heterocycles. The number of hydrogen-bond donors (Lipinski definition) is 0. The second kappa shape index (κ2) is 7.46.